The van der Waals surface area contributed by atoms with Crippen molar-refractivity contribution in [3.8, 4) is 17.2 Å². The second-order valence-electron chi connectivity index (χ2n) is 7.20. The summed E-state index contributed by atoms with van der Waals surface area (Å²) in [7, 11) is 0. The van der Waals surface area contributed by atoms with Gasteiger partial charge in [-0.15, -0.1) is 0 Å². The highest BCUT2D eigenvalue weighted by atomic mass is 35.5. The molecule has 6 nitrogen and oxygen atoms in total. The predicted octanol–water partition coefficient (Wildman–Crippen LogP) is 5.98. The first-order valence-electron chi connectivity index (χ1n) is 9.70. The van der Waals surface area contributed by atoms with Crippen LogP contribution in [0, 0.1) is 0 Å². The average Bonchev–Trinajstić information content (AvgIpc) is 3.39. The topological polar surface area (TPSA) is 81.2 Å². The Bertz CT molecular complexity index is 1440. The molecule has 5 aromatic rings. The number of benzene rings is 3. The van der Waals surface area contributed by atoms with Crippen molar-refractivity contribution < 1.29 is 14.4 Å². The largest absolute Gasteiger partial charge is 0.508 e. The Kier molecular flexibility index (Phi) is 5.17. The zero-order valence-electron chi connectivity index (χ0n) is 16.5. The summed E-state index contributed by atoms with van der Waals surface area (Å²) < 4.78 is 7.09. The molecule has 0 saturated carbocycles. The summed E-state index contributed by atoms with van der Waals surface area (Å²) in [5.74, 6) is -0.353. The number of fused-ring (bicyclic) bond motifs is 1. The molecular weight excluding hydrogens is 449 g/mol. The van der Waals surface area contributed by atoms with Gasteiger partial charge in [0.1, 0.15) is 10.9 Å². The van der Waals surface area contributed by atoms with Gasteiger partial charge in [0, 0.05) is 22.5 Å². The summed E-state index contributed by atoms with van der Waals surface area (Å²) in [6.07, 6.45) is 0. The first-order valence-corrected chi connectivity index (χ1v) is 10.5. The molecule has 0 spiro atoms. The van der Waals surface area contributed by atoms with E-state index in [2.05, 4.69) is 10.1 Å². The maximum Gasteiger partial charge on any atom is 0.258 e. The summed E-state index contributed by atoms with van der Waals surface area (Å²) in [6, 6.07) is 21.3. The van der Waals surface area contributed by atoms with Crippen molar-refractivity contribution in [3.05, 3.63) is 99.9 Å². The van der Waals surface area contributed by atoms with Gasteiger partial charge >= 0.3 is 0 Å². The van der Waals surface area contributed by atoms with Crippen molar-refractivity contribution in [2.24, 2.45) is 0 Å². The minimum atomic E-state index is -0.494. The van der Waals surface area contributed by atoms with E-state index in [1.54, 1.807) is 28.8 Å². The van der Waals surface area contributed by atoms with Crippen LogP contribution in [-0.2, 0) is 6.54 Å². The summed E-state index contributed by atoms with van der Waals surface area (Å²) >= 11 is 12.7. The number of carbonyl (C=O) groups excluding carboxylic acids is 1. The maximum absolute atomic E-state index is 13.4. The van der Waals surface area contributed by atoms with Gasteiger partial charge in [0.2, 0.25) is 11.6 Å². The van der Waals surface area contributed by atoms with E-state index in [1.807, 2.05) is 42.5 Å². The molecule has 0 bridgehead atoms. The van der Waals surface area contributed by atoms with Gasteiger partial charge < -0.3 is 14.2 Å². The van der Waals surface area contributed by atoms with Gasteiger partial charge in [0.15, 0.2) is 0 Å². The lowest BCUT2D eigenvalue weighted by atomic mass is 10.1. The number of phenolic OH excluding ortho intramolecular Hbond substituents is 1. The molecule has 0 aliphatic rings. The number of halogens is 2. The third-order valence-electron chi connectivity index (χ3n) is 5.11. The second kappa shape index (κ2) is 8.15. The first kappa shape index (κ1) is 20.3. The molecule has 2 heterocycles. The van der Waals surface area contributed by atoms with E-state index in [0.717, 1.165) is 5.56 Å². The SMILES string of the molecule is O=C(c1noc(-c2ccccc2)n1)c1c(Cl)n(Cc2ccc(Cl)cc2)c2ccc(O)cc12. The minimum absolute atomic E-state index is 0.0185. The molecule has 2 aromatic heterocycles. The fourth-order valence-corrected chi connectivity index (χ4v) is 4.04. The fourth-order valence-electron chi connectivity index (χ4n) is 3.58. The Balaban J connectivity index is 1.60. The lowest BCUT2D eigenvalue weighted by Gasteiger charge is -2.08. The molecule has 3 aromatic carbocycles. The van der Waals surface area contributed by atoms with E-state index in [9.17, 15) is 9.90 Å². The molecule has 8 heteroatoms. The van der Waals surface area contributed by atoms with Crippen LogP contribution < -0.4 is 0 Å². The van der Waals surface area contributed by atoms with Crippen LogP contribution in [0.25, 0.3) is 22.4 Å². The zero-order chi connectivity index (χ0) is 22.2. The van der Waals surface area contributed by atoms with E-state index in [1.165, 1.54) is 6.07 Å². The van der Waals surface area contributed by atoms with Crippen LogP contribution in [0.5, 0.6) is 5.75 Å². The minimum Gasteiger partial charge on any atom is -0.508 e. The monoisotopic (exact) mass is 463 g/mol. The number of hydrogen-bond donors (Lipinski definition) is 1. The standard InChI is InChI=1S/C24H15Cl2N3O3/c25-16-8-6-14(7-9-16)13-29-19-11-10-17(30)12-18(19)20(22(29)26)21(31)23-27-24(32-28-23)15-4-2-1-3-5-15/h1-12,30H,13H2. The number of ketones is 1. The van der Waals surface area contributed by atoms with Gasteiger partial charge in [-0.1, -0.05) is 58.7 Å². The number of carbonyl (C=O) groups is 1. The molecular formula is C24H15Cl2N3O3. The van der Waals surface area contributed by atoms with Crippen LogP contribution in [0.3, 0.4) is 0 Å². The van der Waals surface area contributed by atoms with Crippen molar-refractivity contribution in [2.75, 3.05) is 0 Å². The molecule has 0 amide bonds. The van der Waals surface area contributed by atoms with Gasteiger partial charge in [-0.3, -0.25) is 4.79 Å². The highest BCUT2D eigenvalue weighted by molar-refractivity contribution is 6.37. The zero-order valence-corrected chi connectivity index (χ0v) is 18.0. The molecule has 0 aliphatic heterocycles. The summed E-state index contributed by atoms with van der Waals surface area (Å²) in [6.45, 7) is 0.409. The van der Waals surface area contributed by atoms with Crippen LogP contribution >= 0.6 is 23.2 Å². The van der Waals surface area contributed by atoms with Gasteiger partial charge in [-0.2, -0.15) is 4.98 Å². The summed E-state index contributed by atoms with van der Waals surface area (Å²) in [4.78, 5) is 17.6. The molecule has 0 saturated heterocycles. The number of hydrogen-bond acceptors (Lipinski definition) is 5. The Morgan fingerprint density at radius 3 is 2.50 bits per heavy atom. The van der Waals surface area contributed by atoms with Crippen molar-refractivity contribution in [2.45, 2.75) is 6.54 Å². The van der Waals surface area contributed by atoms with Crippen molar-refractivity contribution in [3.63, 3.8) is 0 Å². The van der Waals surface area contributed by atoms with Gasteiger partial charge in [-0.25, -0.2) is 0 Å². The smallest absolute Gasteiger partial charge is 0.258 e. The van der Waals surface area contributed by atoms with Gasteiger partial charge in [-0.05, 0) is 48.0 Å². The van der Waals surface area contributed by atoms with Crippen molar-refractivity contribution in [1.29, 1.82) is 0 Å². The number of aromatic nitrogens is 3. The lowest BCUT2D eigenvalue weighted by molar-refractivity contribution is 0.102. The van der Waals surface area contributed by atoms with Crippen molar-refractivity contribution in [1.82, 2.24) is 14.7 Å². The molecule has 0 atom stereocenters. The van der Waals surface area contributed by atoms with Crippen LogP contribution in [0.4, 0.5) is 0 Å². The van der Waals surface area contributed by atoms with Crippen LogP contribution in [0.1, 0.15) is 21.7 Å². The molecule has 32 heavy (non-hydrogen) atoms. The molecule has 158 valence electrons. The van der Waals surface area contributed by atoms with Crippen LogP contribution in [0.2, 0.25) is 10.2 Å². The third kappa shape index (κ3) is 3.64. The molecule has 0 fully saturated rings. The quantitative estimate of drug-likeness (QED) is 0.324. The normalized spacial score (nSPS) is 11.2. The molecule has 0 aliphatic carbocycles. The Morgan fingerprint density at radius 2 is 1.75 bits per heavy atom. The number of aromatic hydroxyl groups is 1. The number of phenols is 1. The van der Waals surface area contributed by atoms with E-state index in [4.69, 9.17) is 27.7 Å². The third-order valence-corrected chi connectivity index (χ3v) is 5.76. The Labute approximate surface area is 192 Å². The van der Waals surface area contributed by atoms with Crippen LogP contribution in [-0.4, -0.2) is 25.6 Å². The predicted molar refractivity (Wildman–Crippen MR) is 122 cm³/mol. The van der Waals surface area contributed by atoms with E-state index < -0.39 is 5.78 Å². The number of nitrogens with zero attached hydrogens (tertiary/aromatic N) is 3. The highest BCUT2D eigenvalue weighted by Gasteiger charge is 2.27. The average molecular weight is 464 g/mol. The van der Waals surface area contributed by atoms with E-state index >= 15 is 0 Å². The van der Waals surface area contributed by atoms with Gasteiger partial charge in [0.25, 0.3) is 5.89 Å². The highest BCUT2D eigenvalue weighted by Crippen LogP contribution is 2.34. The Morgan fingerprint density at radius 1 is 1.00 bits per heavy atom. The van der Waals surface area contributed by atoms with Crippen LogP contribution in [0.15, 0.2) is 77.3 Å². The summed E-state index contributed by atoms with van der Waals surface area (Å²) in [5, 5.41) is 15.3. The summed E-state index contributed by atoms with van der Waals surface area (Å²) in [5.41, 5.74) is 2.55. The van der Waals surface area contributed by atoms with E-state index in [0.29, 0.717) is 28.0 Å². The molecule has 1 N–H and O–H groups in total. The molecule has 0 unspecified atom stereocenters. The van der Waals surface area contributed by atoms with Gasteiger partial charge in [0.05, 0.1) is 11.1 Å². The molecule has 0 radical (unpaired) electrons. The second-order valence-corrected chi connectivity index (χ2v) is 7.99. The fraction of sp³-hybridized carbons (Fsp3) is 0.0417. The van der Waals surface area contributed by atoms with E-state index in [-0.39, 0.29) is 28.2 Å². The maximum atomic E-state index is 13.4. The lowest BCUT2D eigenvalue weighted by Crippen LogP contribution is -2.05. The Hall–Kier alpha value is -3.61. The first-order chi connectivity index (χ1) is 15.5. The molecule has 5 rings (SSSR count). The number of rotatable bonds is 5. The van der Waals surface area contributed by atoms with Crippen molar-refractivity contribution >= 4 is 39.9 Å².